The molecule has 0 aliphatic carbocycles. The zero-order chi connectivity index (χ0) is 8.23. The third-order valence-corrected chi connectivity index (χ3v) is 2.81. The molecule has 2 heterocycles. The highest BCUT2D eigenvalue weighted by Gasteiger charge is 2.16. The molecule has 0 aromatic heterocycles. The third kappa shape index (κ3) is 2.08. The molecular weight excluding hydrogens is 148 g/mol. The molecule has 0 amide bonds. The molecule has 1 saturated heterocycles. The van der Waals surface area contributed by atoms with Crippen molar-refractivity contribution in [2.75, 3.05) is 32.7 Å². The van der Waals surface area contributed by atoms with Gasteiger partial charge in [0, 0.05) is 19.6 Å². The van der Waals surface area contributed by atoms with Gasteiger partial charge in [0.05, 0.1) is 0 Å². The largest absolute Gasteiger partial charge is 0.316 e. The summed E-state index contributed by atoms with van der Waals surface area (Å²) in [6, 6.07) is 0. The van der Waals surface area contributed by atoms with Crippen LogP contribution in [0.5, 0.6) is 0 Å². The maximum Gasteiger partial charge on any atom is 0.0167 e. The molecule has 2 heteroatoms. The van der Waals surface area contributed by atoms with Crippen LogP contribution in [-0.2, 0) is 0 Å². The quantitative estimate of drug-likeness (QED) is 0.612. The fraction of sp³-hybridized carbons (Fsp3) is 0.800. The van der Waals surface area contributed by atoms with Gasteiger partial charge in [0.2, 0.25) is 0 Å². The van der Waals surface area contributed by atoms with E-state index in [2.05, 4.69) is 22.4 Å². The zero-order valence-electron chi connectivity index (χ0n) is 7.63. The van der Waals surface area contributed by atoms with Gasteiger partial charge in [-0.25, -0.2) is 0 Å². The fourth-order valence-electron chi connectivity index (χ4n) is 2.12. The maximum absolute atomic E-state index is 3.46. The molecule has 68 valence electrons. The molecule has 2 aliphatic heterocycles. The van der Waals surface area contributed by atoms with E-state index >= 15 is 0 Å². The van der Waals surface area contributed by atoms with E-state index < -0.39 is 0 Å². The van der Waals surface area contributed by atoms with Crippen LogP contribution in [0.2, 0.25) is 0 Å². The van der Waals surface area contributed by atoms with Crippen molar-refractivity contribution in [1.82, 2.24) is 10.2 Å². The van der Waals surface area contributed by atoms with Crippen LogP contribution < -0.4 is 5.32 Å². The van der Waals surface area contributed by atoms with Crippen LogP contribution in [0.1, 0.15) is 12.8 Å². The van der Waals surface area contributed by atoms with E-state index in [1.165, 1.54) is 45.6 Å². The van der Waals surface area contributed by atoms with Gasteiger partial charge in [-0.3, -0.25) is 4.90 Å². The van der Waals surface area contributed by atoms with Gasteiger partial charge in [-0.1, -0.05) is 12.2 Å². The Balaban J connectivity index is 1.70. The first-order valence-corrected chi connectivity index (χ1v) is 5.03. The van der Waals surface area contributed by atoms with Crippen molar-refractivity contribution in [3.63, 3.8) is 0 Å². The second kappa shape index (κ2) is 4.06. The monoisotopic (exact) mass is 166 g/mol. The van der Waals surface area contributed by atoms with Gasteiger partial charge in [0.15, 0.2) is 0 Å². The second-order valence-corrected chi connectivity index (χ2v) is 3.90. The first-order valence-electron chi connectivity index (χ1n) is 5.03. The lowest BCUT2D eigenvalue weighted by molar-refractivity contribution is 0.251. The van der Waals surface area contributed by atoms with E-state index in [4.69, 9.17) is 0 Å². The first kappa shape index (κ1) is 8.27. The Morgan fingerprint density at radius 2 is 2.17 bits per heavy atom. The van der Waals surface area contributed by atoms with Gasteiger partial charge in [0.25, 0.3) is 0 Å². The molecule has 2 rings (SSSR count). The summed E-state index contributed by atoms with van der Waals surface area (Å²) < 4.78 is 0. The summed E-state index contributed by atoms with van der Waals surface area (Å²) in [4.78, 5) is 2.53. The molecule has 1 unspecified atom stereocenters. The SMILES string of the molecule is C1=CCN(CC2CCCNC2)C1. The van der Waals surface area contributed by atoms with Gasteiger partial charge in [-0.15, -0.1) is 0 Å². The Kier molecular flexibility index (Phi) is 2.79. The average Bonchev–Trinajstić information content (AvgIpc) is 2.59. The molecule has 0 aromatic rings. The Bertz CT molecular complexity index is 151. The normalized spacial score (nSPS) is 31.2. The highest BCUT2D eigenvalue weighted by molar-refractivity contribution is 4.95. The molecule has 1 fully saturated rings. The third-order valence-electron chi connectivity index (χ3n) is 2.81. The van der Waals surface area contributed by atoms with Crippen molar-refractivity contribution in [3.8, 4) is 0 Å². The summed E-state index contributed by atoms with van der Waals surface area (Å²) in [5.74, 6) is 0.902. The van der Waals surface area contributed by atoms with Crippen LogP contribution in [0.4, 0.5) is 0 Å². The highest BCUT2D eigenvalue weighted by atomic mass is 15.1. The number of rotatable bonds is 2. The van der Waals surface area contributed by atoms with Gasteiger partial charge in [-0.05, 0) is 31.8 Å². The molecule has 0 aromatic carbocycles. The fourth-order valence-corrected chi connectivity index (χ4v) is 2.12. The minimum atomic E-state index is 0.902. The molecule has 1 N–H and O–H groups in total. The van der Waals surface area contributed by atoms with E-state index in [0.29, 0.717) is 0 Å². The first-order chi connectivity index (χ1) is 5.95. The van der Waals surface area contributed by atoms with Gasteiger partial charge in [-0.2, -0.15) is 0 Å². The van der Waals surface area contributed by atoms with E-state index in [1.807, 2.05) is 0 Å². The van der Waals surface area contributed by atoms with Crippen LogP contribution in [0.3, 0.4) is 0 Å². The summed E-state index contributed by atoms with van der Waals surface area (Å²) in [5.41, 5.74) is 0. The number of piperidine rings is 1. The van der Waals surface area contributed by atoms with Crippen LogP contribution in [0.25, 0.3) is 0 Å². The van der Waals surface area contributed by atoms with Crippen LogP contribution in [0.15, 0.2) is 12.2 Å². The summed E-state index contributed by atoms with van der Waals surface area (Å²) in [5, 5.41) is 3.46. The number of nitrogens with one attached hydrogen (secondary N) is 1. The predicted molar refractivity (Wildman–Crippen MR) is 51.2 cm³/mol. The van der Waals surface area contributed by atoms with Gasteiger partial charge < -0.3 is 5.32 Å². The minimum absolute atomic E-state index is 0.902. The van der Waals surface area contributed by atoms with Gasteiger partial charge in [0.1, 0.15) is 0 Å². The lowest BCUT2D eigenvalue weighted by Gasteiger charge is -2.27. The topological polar surface area (TPSA) is 15.3 Å². The standard InChI is InChI=1S/C10H18N2/c1-2-7-12(6-1)9-10-4-3-5-11-8-10/h1-2,10-11H,3-9H2. The lowest BCUT2D eigenvalue weighted by atomic mass is 9.99. The smallest absolute Gasteiger partial charge is 0.0167 e. The molecule has 2 aliphatic rings. The number of nitrogens with zero attached hydrogens (tertiary/aromatic N) is 1. The van der Waals surface area contributed by atoms with Crippen molar-refractivity contribution in [2.24, 2.45) is 5.92 Å². The van der Waals surface area contributed by atoms with Gasteiger partial charge >= 0.3 is 0 Å². The predicted octanol–water partition coefficient (Wildman–Crippen LogP) is 0.858. The van der Waals surface area contributed by atoms with E-state index in [-0.39, 0.29) is 0 Å². The van der Waals surface area contributed by atoms with Crippen LogP contribution in [0, 0.1) is 5.92 Å². The molecule has 0 saturated carbocycles. The number of hydrogen-bond acceptors (Lipinski definition) is 2. The van der Waals surface area contributed by atoms with E-state index in [1.54, 1.807) is 0 Å². The lowest BCUT2D eigenvalue weighted by Crippen LogP contribution is -2.37. The summed E-state index contributed by atoms with van der Waals surface area (Å²) in [6.07, 6.45) is 7.34. The maximum atomic E-state index is 3.46. The average molecular weight is 166 g/mol. The molecule has 0 radical (unpaired) electrons. The van der Waals surface area contributed by atoms with Crippen molar-refractivity contribution in [3.05, 3.63) is 12.2 Å². The van der Waals surface area contributed by atoms with Crippen molar-refractivity contribution >= 4 is 0 Å². The molecule has 1 atom stereocenters. The second-order valence-electron chi connectivity index (χ2n) is 3.90. The Hall–Kier alpha value is -0.340. The highest BCUT2D eigenvalue weighted by Crippen LogP contribution is 2.12. The number of hydrogen-bond donors (Lipinski definition) is 1. The Morgan fingerprint density at radius 1 is 1.33 bits per heavy atom. The Labute approximate surface area is 74.6 Å². The molecule has 0 bridgehead atoms. The van der Waals surface area contributed by atoms with Crippen LogP contribution >= 0.6 is 0 Å². The molecular formula is C10H18N2. The van der Waals surface area contributed by atoms with Crippen molar-refractivity contribution in [2.45, 2.75) is 12.8 Å². The molecule has 12 heavy (non-hydrogen) atoms. The molecule has 2 nitrogen and oxygen atoms in total. The summed E-state index contributed by atoms with van der Waals surface area (Å²) >= 11 is 0. The van der Waals surface area contributed by atoms with Crippen molar-refractivity contribution < 1.29 is 0 Å². The summed E-state index contributed by atoms with van der Waals surface area (Å²) in [7, 11) is 0. The summed E-state index contributed by atoms with van der Waals surface area (Å²) in [6.45, 7) is 6.11. The van der Waals surface area contributed by atoms with Crippen LogP contribution in [-0.4, -0.2) is 37.6 Å². The van der Waals surface area contributed by atoms with E-state index in [0.717, 1.165) is 5.92 Å². The van der Waals surface area contributed by atoms with Crippen molar-refractivity contribution in [1.29, 1.82) is 0 Å². The zero-order valence-corrected chi connectivity index (χ0v) is 7.63. The minimum Gasteiger partial charge on any atom is -0.316 e. The Morgan fingerprint density at radius 3 is 2.83 bits per heavy atom. The molecule has 0 spiro atoms. The van der Waals surface area contributed by atoms with E-state index in [9.17, 15) is 0 Å².